The van der Waals surface area contributed by atoms with Crippen LogP contribution in [0.1, 0.15) is 68.1 Å². The number of rotatable bonds is 5. The lowest BCUT2D eigenvalue weighted by molar-refractivity contribution is -0.139. The Balaban J connectivity index is 1.70. The van der Waals surface area contributed by atoms with Crippen molar-refractivity contribution in [2.75, 3.05) is 6.54 Å². The monoisotopic (exact) mass is 349 g/mol. The molecule has 1 aromatic rings. The van der Waals surface area contributed by atoms with Gasteiger partial charge in [-0.05, 0) is 44.9 Å². The van der Waals surface area contributed by atoms with E-state index < -0.39 is 0 Å². The van der Waals surface area contributed by atoms with Crippen molar-refractivity contribution in [2.45, 2.75) is 71.4 Å². The minimum absolute atomic E-state index is 0.0547. The molecular weight excluding hydrogens is 322 g/mol. The molecule has 2 heterocycles. The number of carbonyl (C=O) groups is 2. The average molecular weight is 350 g/mol. The summed E-state index contributed by atoms with van der Waals surface area (Å²) < 4.78 is 0. The minimum Gasteiger partial charge on any atom is -0.345 e. The van der Waals surface area contributed by atoms with Crippen LogP contribution in [0, 0.1) is 5.92 Å². The van der Waals surface area contributed by atoms with Gasteiger partial charge in [-0.3, -0.25) is 9.59 Å². The maximum atomic E-state index is 12.8. The van der Waals surface area contributed by atoms with Gasteiger partial charge in [0.2, 0.25) is 11.8 Å². The molecule has 1 saturated heterocycles. The van der Waals surface area contributed by atoms with E-state index in [0.717, 1.165) is 24.3 Å². The molecule has 0 spiro atoms. The number of amides is 2. The third-order valence-electron chi connectivity index (χ3n) is 4.94. The van der Waals surface area contributed by atoms with E-state index in [-0.39, 0.29) is 29.8 Å². The number of carbonyl (C=O) groups excluding carboxylic acids is 2. The second kappa shape index (κ2) is 7.21. The largest absolute Gasteiger partial charge is 0.345 e. The summed E-state index contributed by atoms with van der Waals surface area (Å²) in [5, 5.41) is 4.09. The Bertz CT molecular complexity index is 602. The molecule has 6 heteroatoms. The Hall–Kier alpha value is -1.43. The number of hydrogen-bond donors (Lipinski definition) is 1. The maximum Gasteiger partial charge on any atom is 0.243 e. The molecule has 5 nitrogen and oxygen atoms in total. The first-order valence-electron chi connectivity index (χ1n) is 9.05. The van der Waals surface area contributed by atoms with Crippen molar-refractivity contribution in [1.82, 2.24) is 15.2 Å². The van der Waals surface area contributed by atoms with Gasteiger partial charge in [-0.2, -0.15) is 0 Å². The van der Waals surface area contributed by atoms with Crippen molar-refractivity contribution in [2.24, 2.45) is 5.92 Å². The highest BCUT2D eigenvalue weighted by Gasteiger charge is 2.35. The van der Waals surface area contributed by atoms with Gasteiger partial charge < -0.3 is 10.2 Å². The first kappa shape index (κ1) is 17.4. The van der Waals surface area contributed by atoms with Crippen LogP contribution in [-0.4, -0.2) is 34.3 Å². The summed E-state index contributed by atoms with van der Waals surface area (Å²) in [5.41, 5.74) is 1.22. The molecule has 2 atom stereocenters. The maximum absolute atomic E-state index is 12.8. The summed E-state index contributed by atoms with van der Waals surface area (Å²) in [4.78, 5) is 32.7. The normalized spacial score (nSPS) is 20.2. The van der Waals surface area contributed by atoms with Crippen molar-refractivity contribution in [3.05, 3.63) is 15.6 Å². The van der Waals surface area contributed by atoms with Gasteiger partial charge in [0, 0.05) is 17.8 Å². The zero-order valence-electron chi connectivity index (χ0n) is 14.8. The molecular formula is C18H27N3O2S. The van der Waals surface area contributed by atoms with E-state index in [1.165, 1.54) is 23.4 Å². The second-order valence-electron chi connectivity index (χ2n) is 7.24. The fraction of sp³-hybridized carbons (Fsp3) is 0.722. The molecule has 1 aliphatic heterocycles. The highest BCUT2D eigenvalue weighted by atomic mass is 32.1. The number of nitrogens with zero attached hydrogens (tertiary/aromatic N) is 2. The molecule has 0 saturated carbocycles. The molecule has 0 bridgehead atoms. The van der Waals surface area contributed by atoms with Gasteiger partial charge >= 0.3 is 0 Å². The number of hydrogen-bond acceptors (Lipinski definition) is 4. The lowest BCUT2D eigenvalue weighted by atomic mass is 10.0. The standard InChI is InChI=1S/C18H27N3O2S/c1-11(2)16(21-10-6-9-15(21)22)17(23)19-12(3)18-20-13-7-4-5-8-14(13)24-18/h11-12,16H,4-10H2,1-3H3,(H,19,23). The summed E-state index contributed by atoms with van der Waals surface area (Å²) in [6.45, 7) is 6.69. The van der Waals surface area contributed by atoms with Crippen LogP contribution in [0.15, 0.2) is 0 Å². The van der Waals surface area contributed by atoms with Crippen molar-refractivity contribution in [3.8, 4) is 0 Å². The van der Waals surface area contributed by atoms with Crippen molar-refractivity contribution >= 4 is 23.2 Å². The van der Waals surface area contributed by atoms with Gasteiger partial charge in [-0.1, -0.05) is 13.8 Å². The quantitative estimate of drug-likeness (QED) is 0.889. The van der Waals surface area contributed by atoms with E-state index in [2.05, 4.69) is 5.32 Å². The molecule has 2 aliphatic rings. The number of thiazole rings is 1. The molecule has 1 aliphatic carbocycles. The summed E-state index contributed by atoms with van der Waals surface area (Å²) >= 11 is 1.73. The van der Waals surface area contributed by atoms with E-state index in [9.17, 15) is 9.59 Å². The second-order valence-corrected chi connectivity index (χ2v) is 8.35. The Kier molecular flexibility index (Phi) is 5.23. The molecule has 132 valence electrons. The van der Waals surface area contributed by atoms with E-state index in [1.54, 1.807) is 16.2 Å². The third-order valence-corrected chi connectivity index (χ3v) is 6.28. The Morgan fingerprint density at radius 3 is 2.54 bits per heavy atom. The van der Waals surface area contributed by atoms with Crippen molar-refractivity contribution in [1.29, 1.82) is 0 Å². The van der Waals surface area contributed by atoms with Crippen LogP contribution in [0.2, 0.25) is 0 Å². The van der Waals surface area contributed by atoms with Gasteiger partial charge in [0.05, 0.1) is 11.7 Å². The molecule has 0 radical (unpaired) electrons. The molecule has 1 aromatic heterocycles. The van der Waals surface area contributed by atoms with Crippen LogP contribution < -0.4 is 5.32 Å². The van der Waals surface area contributed by atoms with Crippen LogP contribution in [-0.2, 0) is 22.4 Å². The number of likely N-dealkylation sites (tertiary alicyclic amines) is 1. The number of aryl methyl sites for hydroxylation is 2. The topological polar surface area (TPSA) is 62.3 Å². The predicted molar refractivity (Wildman–Crippen MR) is 94.9 cm³/mol. The molecule has 3 rings (SSSR count). The van der Waals surface area contributed by atoms with Gasteiger partial charge in [-0.25, -0.2) is 4.98 Å². The van der Waals surface area contributed by atoms with Gasteiger partial charge in [0.15, 0.2) is 0 Å². The van der Waals surface area contributed by atoms with Gasteiger partial charge in [-0.15, -0.1) is 11.3 Å². The lowest BCUT2D eigenvalue weighted by Crippen LogP contribution is -2.50. The Labute approximate surface area is 147 Å². The fourth-order valence-corrected chi connectivity index (χ4v) is 4.84. The third kappa shape index (κ3) is 3.48. The lowest BCUT2D eigenvalue weighted by Gasteiger charge is -2.30. The first-order valence-corrected chi connectivity index (χ1v) is 9.87. The van der Waals surface area contributed by atoms with Crippen molar-refractivity contribution in [3.63, 3.8) is 0 Å². The summed E-state index contributed by atoms with van der Waals surface area (Å²) in [6.07, 6.45) is 6.04. The molecule has 24 heavy (non-hydrogen) atoms. The van der Waals surface area contributed by atoms with E-state index >= 15 is 0 Å². The zero-order chi connectivity index (χ0) is 17.3. The number of fused-ring (bicyclic) bond motifs is 1. The molecule has 0 aromatic carbocycles. The van der Waals surface area contributed by atoms with E-state index in [4.69, 9.17) is 4.98 Å². The zero-order valence-corrected chi connectivity index (χ0v) is 15.6. The fourth-order valence-electron chi connectivity index (χ4n) is 3.69. The summed E-state index contributed by atoms with van der Waals surface area (Å²) in [7, 11) is 0. The van der Waals surface area contributed by atoms with Crippen LogP contribution >= 0.6 is 11.3 Å². The Morgan fingerprint density at radius 2 is 1.92 bits per heavy atom. The summed E-state index contributed by atoms with van der Waals surface area (Å²) in [5.74, 6) is 0.144. The van der Waals surface area contributed by atoms with Crippen molar-refractivity contribution < 1.29 is 9.59 Å². The summed E-state index contributed by atoms with van der Waals surface area (Å²) in [6, 6.07) is -0.482. The van der Waals surface area contributed by atoms with Crippen LogP contribution in [0.3, 0.4) is 0 Å². The molecule has 2 unspecified atom stereocenters. The smallest absolute Gasteiger partial charge is 0.243 e. The molecule has 1 fully saturated rings. The average Bonchev–Trinajstić information content (AvgIpc) is 3.13. The van der Waals surface area contributed by atoms with Crippen LogP contribution in [0.5, 0.6) is 0 Å². The molecule has 2 amide bonds. The highest BCUT2D eigenvalue weighted by Crippen LogP contribution is 2.30. The minimum atomic E-state index is -0.378. The van der Waals surface area contributed by atoms with Gasteiger partial charge in [0.25, 0.3) is 0 Å². The van der Waals surface area contributed by atoms with E-state index in [0.29, 0.717) is 13.0 Å². The molecule has 1 N–H and O–H groups in total. The Morgan fingerprint density at radius 1 is 1.17 bits per heavy atom. The number of aromatic nitrogens is 1. The van der Waals surface area contributed by atoms with Crippen LogP contribution in [0.25, 0.3) is 0 Å². The first-order chi connectivity index (χ1) is 11.5. The predicted octanol–water partition coefficient (Wildman–Crippen LogP) is 2.85. The van der Waals surface area contributed by atoms with Crippen LogP contribution in [0.4, 0.5) is 0 Å². The van der Waals surface area contributed by atoms with Gasteiger partial charge in [0.1, 0.15) is 11.0 Å². The highest BCUT2D eigenvalue weighted by molar-refractivity contribution is 7.11. The van der Waals surface area contributed by atoms with E-state index in [1.807, 2.05) is 20.8 Å². The number of nitrogens with one attached hydrogen (secondary N) is 1. The SMILES string of the molecule is CC(NC(=O)C(C(C)C)N1CCCC1=O)c1nc2c(s1)CCCC2.